The third-order valence-electron chi connectivity index (χ3n) is 2.63. The van der Waals surface area contributed by atoms with Gasteiger partial charge < -0.3 is 14.4 Å². The van der Waals surface area contributed by atoms with Crippen molar-refractivity contribution in [2.45, 2.75) is 13.8 Å². The topological polar surface area (TPSA) is 22.9 Å². The van der Waals surface area contributed by atoms with Crippen molar-refractivity contribution in [2.24, 2.45) is 0 Å². The number of hydrogen-bond acceptors (Lipinski definition) is 2. The monoisotopic (exact) mass is 238 g/mol. The molecule has 0 amide bonds. The fraction of sp³-hybridized carbons (Fsp3) is 0.571. The number of ether oxygens (including phenoxy) is 2. The van der Waals surface area contributed by atoms with Crippen LogP contribution in [0, 0.1) is 13.8 Å². The first kappa shape index (κ1) is 14.0. The lowest BCUT2D eigenvalue weighted by molar-refractivity contribution is -0.858. The second-order valence-corrected chi connectivity index (χ2v) is 4.64. The minimum absolute atomic E-state index is 0.619. The number of quaternary nitrogens is 1. The molecule has 0 fully saturated rings. The highest BCUT2D eigenvalue weighted by atomic mass is 16.5. The van der Waals surface area contributed by atoms with Crippen LogP contribution in [0.5, 0.6) is 5.75 Å². The Morgan fingerprint density at radius 2 is 1.65 bits per heavy atom. The van der Waals surface area contributed by atoms with Gasteiger partial charge in [-0.25, -0.2) is 0 Å². The number of likely N-dealkylation sites (N-methyl/N-ethyl adjacent to an activating group) is 1. The van der Waals surface area contributed by atoms with Crippen molar-refractivity contribution in [3.05, 3.63) is 29.3 Å². The van der Waals surface area contributed by atoms with Gasteiger partial charge in [0.25, 0.3) is 0 Å². The number of hydrogen-bond donors (Lipinski definition) is 1. The molecule has 0 saturated heterocycles. The van der Waals surface area contributed by atoms with E-state index in [4.69, 9.17) is 9.47 Å². The SMILES string of the molecule is Cc1cccc(C)c1OCCOCC[NH+](C)C. The van der Waals surface area contributed by atoms with Gasteiger partial charge >= 0.3 is 0 Å². The molecule has 0 unspecified atom stereocenters. The van der Waals surface area contributed by atoms with Crippen molar-refractivity contribution < 1.29 is 14.4 Å². The van der Waals surface area contributed by atoms with E-state index in [0.717, 1.165) is 18.9 Å². The lowest BCUT2D eigenvalue weighted by Crippen LogP contribution is -3.06. The number of nitrogens with one attached hydrogen (secondary N) is 1. The quantitative estimate of drug-likeness (QED) is 0.712. The van der Waals surface area contributed by atoms with E-state index >= 15 is 0 Å². The van der Waals surface area contributed by atoms with Crippen molar-refractivity contribution in [3.8, 4) is 5.75 Å². The highest BCUT2D eigenvalue weighted by Gasteiger charge is 2.02. The summed E-state index contributed by atoms with van der Waals surface area (Å²) >= 11 is 0. The number of benzene rings is 1. The van der Waals surface area contributed by atoms with Gasteiger partial charge in [0.05, 0.1) is 27.3 Å². The minimum Gasteiger partial charge on any atom is -0.491 e. The second kappa shape index (κ2) is 7.30. The van der Waals surface area contributed by atoms with Gasteiger partial charge in [-0.1, -0.05) is 18.2 Å². The van der Waals surface area contributed by atoms with Gasteiger partial charge in [-0.05, 0) is 25.0 Å². The molecule has 0 heterocycles. The van der Waals surface area contributed by atoms with E-state index < -0.39 is 0 Å². The normalized spacial score (nSPS) is 10.9. The molecule has 1 aromatic carbocycles. The maximum atomic E-state index is 5.74. The molecule has 3 heteroatoms. The lowest BCUT2D eigenvalue weighted by atomic mass is 10.1. The molecule has 3 nitrogen and oxygen atoms in total. The fourth-order valence-electron chi connectivity index (χ4n) is 1.61. The average molecular weight is 238 g/mol. The van der Waals surface area contributed by atoms with Gasteiger partial charge in [-0.15, -0.1) is 0 Å². The summed E-state index contributed by atoms with van der Waals surface area (Å²) in [7, 11) is 4.24. The van der Waals surface area contributed by atoms with Gasteiger partial charge in [-0.2, -0.15) is 0 Å². The molecule has 0 atom stereocenters. The highest BCUT2D eigenvalue weighted by molar-refractivity contribution is 5.39. The van der Waals surface area contributed by atoms with E-state index in [1.54, 1.807) is 0 Å². The standard InChI is InChI=1S/C14H23NO2/c1-12-6-5-7-13(2)14(12)17-11-10-16-9-8-15(3)4/h5-7H,8-11H2,1-4H3/p+1. The van der Waals surface area contributed by atoms with Crippen LogP contribution in [0.1, 0.15) is 11.1 Å². The first-order valence-electron chi connectivity index (χ1n) is 6.17. The molecule has 0 aliphatic rings. The highest BCUT2D eigenvalue weighted by Crippen LogP contribution is 2.21. The molecular weight excluding hydrogens is 214 g/mol. The first-order chi connectivity index (χ1) is 8.11. The molecule has 96 valence electrons. The van der Waals surface area contributed by atoms with Crippen LogP contribution < -0.4 is 9.64 Å². The summed E-state index contributed by atoms with van der Waals surface area (Å²) in [6, 6.07) is 6.19. The van der Waals surface area contributed by atoms with E-state index in [9.17, 15) is 0 Å². The Hall–Kier alpha value is -1.06. The molecule has 0 bridgehead atoms. The van der Waals surface area contributed by atoms with E-state index in [-0.39, 0.29) is 0 Å². The summed E-state index contributed by atoms with van der Waals surface area (Å²) in [6.07, 6.45) is 0. The molecule has 1 N–H and O–H groups in total. The van der Waals surface area contributed by atoms with Crippen molar-refractivity contribution in [1.82, 2.24) is 0 Å². The second-order valence-electron chi connectivity index (χ2n) is 4.64. The fourth-order valence-corrected chi connectivity index (χ4v) is 1.61. The molecule has 0 aliphatic heterocycles. The van der Waals surface area contributed by atoms with Gasteiger partial charge in [0.2, 0.25) is 0 Å². The molecule has 1 rings (SSSR count). The van der Waals surface area contributed by atoms with Gasteiger partial charge in [0.1, 0.15) is 18.9 Å². The maximum Gasteiger partial charge on any atom is 0.125 e. The van der Waals surface area contributed by atoms with E-state index in [0.29, 0.717) is 13.2 Å². The number of aryl methyl sites for hydroxylation is 2. The average Bonchev–Trinajstić information content (AvgIpc) is 2.26. The van der Waals surface area contributed by atoms with E-state index in [1.807, 2.05) is 6.07 Å². The summed E-state index contributed by atoms with van der Waals surface area (Å²) in [6.45, 7) is 7.23. The number of para-hydroxylation sites is 1. The van der Waals surface area contributed by atoms with Crippen molar-refractivity contribution >= 4 is 0 Å². The Labute approximate surface area is 104 Å². The Bertz CT molecular complexity index is 317. The van der Waals surface area contributed by atoms with Crippen LogP contribution in [0.4, 0.5) is 0 Å². The maximum absolute atomic E-state index is 5.74. The predicted molar refractivity (Wildman–Crippen MR) is 69.9 cm³/mol. The summed E-state index contributed by atoms with van der Waals surface area (Å²) in [4.78, 5) is 1.40. The Kier molecular flexibility index (Phi) is 6.01. The molecule has 0 aliphatic carbocycles. The molecular formula is C14H24NO2+. The molecule has 1 aromatic rings. The summed E-state index contributed by atoms with van der Waals surface area (Å²) < 4.78 is 11.2. The Morgan fingerprint density at radius 1 is 1.00 bits per heavy atom. The first-order valence-corrected chi connectivity index (χ1v) is 6.17. The predicted octanol–water partition coefficient (Wildman–Crippen LogP) is 0.843. The zero-order valence-electron chi connectivity index (χ0n) is 11.4. The van der Waals surface area contributed by atoms with Crippen LogP contribution in [0.25, 0.3) is 0 Å². The third kappa shape index (κ3) is 5.20. The smallest absolute Gasteiger partial charge is 0.125 e. The van der Waals surface area contributed by atoms with Crippen molar-refractivity contribution in [1.29, 1.82) is 0 Å². The summed E-state index contributed by atoms with van der Waals surface area (Å²) in [5.41, 5.74) is 2.37. The van der Waals surface area contributed by atoms with Crippen LogP contribution >= 0.6 is 0 Å². The van der Waals surface area contributed by atoms with E-state index in [2.05, 4.69) is 40.1 Å². The summed E-state index contributed by atoms with van der Waals surface area (Å²) in [5.74, 6) is 0.995. The van der Waals surface area contributed by atoms with Gasteiger partial charge in [0.15, 0.2) is 0 Å². The molecule has 17 heavy (non-hydrogen) atoms. The third-order valence-corrected chi connectivity index (χ3v) is 2.63. The molecule has 0 spiro atoms. The Balaban J connectivity index is 2.22. The van der Waals surface area contributed by atoms with Crippen molar-refractivity contribution in [2.75, 3.05) is 40.5 Å². The Morgan fingerprint density at radius 3 is 2.24 bits per heavy atom. The van der Waals surface area contributed by atoms with Crippen molar-refractivity contribution in [3.63, 3.8) is 0 Å². The minimum atomic E-state index is 0.619. The van der Waals surface area contributed by atoms with Crippen LogP contribution in [0.3, 0.4) is 0 Å². The van der Waals surface area contributed by atoms with Crippen LogP contribution in [-0.2, 0) is 4.74 Å². The zero-order chi connectivity index (χ0) is 12.7. The van der Waals surface area contributed by atoms with E-state index in [1.165, 1.54) is 16.0 Å². The zero-order valence-corrected chi connectivity index (χ0v) is 11.4. The molecule has 0 radical (unpaired) electrons. The summed E-state index contributed by atoms with van der Waals surface area (Å²) in [5, 5.41) is 0. The van der Waals surface area contributed by atoms with Crippen LogP contribution in [0.2, 0.25) is 0 Å². The van der Waals surface area contributed by atoms with Crippen LogP contribution in [0.15, 0.2) is 18.2 Å². The lowest BCUT2D eigenvalue weighted by Gasteiger charge is -2.12. The largest absolute Gasteiger partial charge is 0.491 e. The van der Waals surface area contributed by atoms with Gasteiger partial charge in [-0.3, -0.25) is 0 Å². The molecule has 0 aromatic heterocycles. The van der Waals surface area contributed by atoms with Crippen LogP contribution in [-0.4, -0.2) is 40.5 Å². The number of rotatable bonds is 7. The molecule has 0 saturated carbocycles. The van der Waals surface area contributed by atoms with Gasteiger partial charge in [0, 0.05) is 0 Å².